The summed E-state index contributed by atoms with van der Waals surface area (Å²) in [5.41, 5.74) is 3.41. The second-order valence-electron chi connectivity index (χ2n) is 6.34. The summed E-state index contributed by atoms with van der Waals surface area (Å²) in [5.74, 6) is 0.449. The van der Waals surface area contributed by atoms with Crippen LogP contribution in [0.2, 0.25) is 0 Å². The van der Waals surface area contributed by atoms with Gasteiger partial charge in [0.1, 0.15) is 0 Å². The van der Waals surface area contributed by atoms with Gasteiger partial charge in [-0.15, -0.1) is 10.2 Å². The molecule has 0 unspecified atom stereocenters. The van der Waals surface area contributed by atoms with E-state index in [0.29, 0.717) is 11.4 Å². The van der Waals surface area contributed by atoms with Crippen molar-refractivity contribution < 1.29 is 4.92 Å². The zero-order chi connectivity index (χ0) is 19.1. The molecule has 2 heterocycles. The van der Waals surface area contributed by atoms with Crippen LogP contribution < -0.4 is 5.56 Å². The Hall–Kier alpha value is -3.81. The maximum absolute atomic E-state index is 12.9. The van der Waals surface area contributed by atoms with E-state index >= 15 is 0 Å². The van der Waals surface area contributed by atoms with Gasteiger partial charge in [0.2, 0.25) is 5.65 Å². The molecular weight excluding hydrogens is 346 g/mol. The Morgan fingerprint density at radius 2 is 1.63 bits per heavy atom. The molecule has 0 saturated heterocycles. The molecule has 4 aromatic rings. The molecule has 0 saturated carbocycles. The molecule has 0 aliphatic carbocycles. The number of non-ortho nitro benzene ring substituents is 1. The molecule has 0 amide bonds. The van der Waals surface area contributed by atoms with E-state index in [0.717, 1.165) is 16.8 Å². The highest BCUT2D eigenvalue weighted by atomic mass is 16.6. The Morgan fingerprint density at radius 1 is 0.963 bits per heavy atom. The van der Waals surface area contributed by atoms with Crippen LogP contribution in [-0.2, 0) is 0 Å². The maximum atomic E-state index is 12.9. The van der Waals surface area contributed by atoms with E-state index < -0.39 is 4.92 Å². The number of hydrogen-bond acceptors (Lipinski definition) is 5. The van der Waals surface area contributed by atoms with Gasteiger partial charge in [-0.3, -0.25) is 23.9 Å². The zero-order valence-corrected chi connectivity index (χ0v) is 14.7. The number of fused-ring (bicyclic) bond motifs is 1. The number of aryl methyl sites for hydroxylation is 2. The molecule has 8 heteroatoms. The first kappa shape index (κ1) is 16.6. The zero-order valence-electron chi connectivity index (χ0n) is 14.7. The number of nitro groups is 1. The fraction of sp³-hybridized carbons (Fsp3) is 0.105. The van der Waals surface area contributed by atoms with Gasteiger partial charge in [0.25, 0.3) is 5.69 Å². The molecule has 4 rings (SSSR count). The minimum atomic E-state index is -0.464. The van der Waals surface area contributed by atoms with Gasteiger partial charge in [0, 0.05) is 35.8 Å². The number of benzene rings is 2. The number of rotatable bonds is 3. The summed E-state index contributed by atoms with van der Waals surface area (Å²) in [4.78, 5) is 23.2. The Balaban J connectivity index is 1.84. The van der Waals surface area contributed by atoms with Crippen LogP contribution in [0.5, 0.6) is 0 Å². The fourth-order valence-corrected chi connectivity index (χ4v) is 3.11. The van der Waals surface area contributed by atoms with Crippen LogP contribution in [0, 0.1) is 24.0 Å². The SMILES string of the molecule is Cc1cc(C)cc(-n2ccn3c(-c4ccc([N+](=O)[O-])cc4)nnc3c2=O)c1. The molecule has 8 nitrogen and oxygen atoms in total. The highest BCUT2D eigenvalue weighted by Gasteiger charge is 2.14. The molecule has 0 atom stereocenters. The van der Waals surface area contributed by atoms with Crippen molar-refractivity contribution in [3.8, 4) is 17.1 Å². The van der Waals surface area contributed by atoms with Crippen molar-refractivity contribution >= 4 is 11.3 Å². The van der Waals surface area contributed by atoms with E-state index in [4.69, 9.17) is 0 Å². The molecule has 134 valence electrons. The summed E-state index contributed by atoms with van der Waals surface area (Å²) in [5, 5.41) is 18.9. The van der Waals surface area contributed by atoms with Crippen molar-refractivity contribution in [2.45, 2.75) is 13.8 Å². The molecule has 0 bridgehead atoms. The maximum Gasteiger partial charge on any atom is 0.300 e. The summed E-state index contributed by atoms with van der Waals surface area (Å²) >= 11 is 0. The van der Waals surface area contributed by atoms with Gasteiger partial charge in [0.05, 0.1) is 4.92 Å². The Bertz CT molecular complexity index is 1220. The van der Waals surface area contributed by atoms with Gasteiger partial charge in [-0.25, -0.2) is 0 Å². The smallest absolute Gasteiger partial charge is 0.280 e. The van der Waals surface area contributed by atoms with E-state index in [-0.39, 0.29) is 16.9 Å². The molecule has 0 fully saturated rings. The third-order valence-corrected chi connectivity index (χ3v) is 4.29. The van der Waals surface area contributed by atoms with Crippen LogP contribution in [0.1, 0.15) is 11.1 Å². The number of hydrogen-bond donors (Lipinski definition) is 0. The summed E-state index contributed by atoms with van der Waals surface area (Å²) in [6.07, 6.45) is 3.38. The quantitative estimate of drug-likeness (QED) is 0.413. The summed E-state index contributed by atoms with van der Waals surface area (Å²) in [6, 6.07) is 11.9. The predicted molar refractivity (Wildman–Crippen MR) is 100 cm³/mol. The third kappa shape index (κ3) is 2.86. The lowest BCUT2D eigenvalue weighted by Crippen LogP contribution is -2.20. The van der Waals surface area contributed by atoms with Crippen LogP contribution in [0.3, 0.4) is 0 Å². The van der Waals surface area contributed by atoms with Gasteiger partial charge in [-0.1, -0.05) is 6.07 Å². The first-order valence-corrected chi connectivity index (χ1v) is 8.24. The van der Waals surface area contributed by atoms with Crippen LogP contribution in [-0.4, -0.2) is 24.1 Å². The van der Waals surface area contributed by atoms with Crippen molar-refractivity contribution in [2.24, 2.45) is 0 Å². The van der Waals surface area contributed by atoms with Crippen LogP contribution >= 0.6 is 0 Å². The molecule has 0 radical (unpaired) electrons. The second-order valence-corrected chi connectivity index (χ2v) is 6.34. The topological polar surface area (TPSA) is 95.3 Å². The Kier molecular flexibility index (Phi) is 3.80. The third-order valence-electron chi connectivity index (χ3n) is 4.29. The molecule has 2 aromatic heterocycles. The number of nitro benzene ring substituents is 1. The van der Waals surface area contributed by atoms with Gasteiger partial charge >= 0.3 is 5.56 Å². The highest BCUT2D eigenvalue weighted by molar-refractivity contribution is 5.61. The van der Waals surface area contributed by atoms with E-state index in [9.17, 15) is 14.9 Å². The Labute approximate surface area is 153 Å². The Morgan fingerprint density at radius 3 is 2.26 bits per heavy atom. The van der Waals surface area contributed by atoms with Gasteiger partial charge in [0.15, 0.2) is 5.82 Å². The first-order valence-electron chi connectivity index (χ1n) is 8.24. The molecule has 27 heavy (non-hydrogen) atoms. The van der Waals surface area contributed by atoms with Crippen molar-refractivity contribution in [1.29, 1.82) is 0 Å². The van der Waals surface area contributed by atoms with E-state index in [1.54, 1.807) is 28.9 Å². The van der Waals surface area contributed by atoms with Crippen LogP contribution in [0.25, 0.3) is 22.7 Å². The van der Waals surface area contributed by atoms with Crippen molar-refractivity contribution in [3.63, 3.8) is 0 Å². The highest BCUT2D eigenvalue weighted by Crippen LogP contribution is 2.21. The molecule has 0 aliphatic heterocycles. The second kappa shape index (κ2) is 6.17. The molecular formula is C19H15N5O3. The van der Waals surface area contributed by atoms with Crippen molar-refractivity contribution in [2.75, 3.05) is 0 Å². The summed E-state index contributed by atoms with van der Waals surface area (Å²) < 4.78 is 3.12. The standard InChI is InChI=1S/C19H15N5O3/c1-12-9-13(2)11-16(10-12)22-7-8-23-17(20-21-18(23)19(22)25)14-3-5-15(6-4-14)24(26)27/h3-11H,1-2H3. The number of aromatic nitrogens is 4. The van der Waals surface area contributed by atoms with Crippen LogP contribution in [0.15, 0.2) is 59.7 Å². The van der Waals surface area contributed by atoms with E-state index in [1.165, 1.54) is 16.7 Å². The lowest BCUT2D eigenvalue weighted by atomic mass is 10.1. The average Bonchev–Trinajstić information content (AvgIpc) is 3.06. The van der Waals surface area contributed by atoms with Crippen LogP contribution in [0.4, 0.5) is 5.69 Å². The van der Waals surface area contributed by atoms with Gasteiger partial charge < -0.3 is 0 Å². The normalized spacial score (nSPS) is 11.0. The first-order chi connectivity index (χ1) is 12.9. The van der Waals surface area contributed by atoms with E-state index in [2.05, 4.69) is 10.2 Å². The molecule has 0 spiro atoms. The summed E-state index contributed by atoms with van der Waals surface area (Å²) in [7, 11) is 0. The molecule has 0 aliphatic rings. The van der Waals surface area contributed by atoms with Crippen molar-refractivity contribution in [1.82, 2.24) is 19.2 Å². The predicted octanol–water partition coefficient (Wildman–Crippen LogP) is 3.07. The lowest BCUT2D eigenvalue weighted by Gasteiger charge is -2.09. The number of nitrogens with zero attached hydrogens (tertiary/aromatic N) is 5. The fourth-order valence-electron chi connectivity index (χ4n) is 3.11. The minimum Gasteiger partial charge on any atom is -0.280 e. The minimum absolute atomic E-state index is 0.00950. The van der Waals surface area contributed by atoms with Crippen molar-refractivity contribution in [3.05, 3.63) is 86.5 Å². The molecule has 0 N–H and O–H groups in total. The molecule has 2 aromatic carbocycles. The van der Waals surface area contributed by atoms with Gasteiger partial charge in [-0.2, -0.15) is 0 Å². The largest absolute Gasteiger partial charge is 0.300 e. The summed E-state index contributed by atoms with van der Waals surface area (Å²) in [6.45, 7) is 3.95. The van der Waals surface area contributed by atoms with E-state index in [1.807, 2.05) is 32.0 Å². The average molecular weight is 361 g/mol. The van der Waals surface area contributed by atoms with Gasteiger partial charge in [-0.05, 0) is 49.2 Å². The lowest BCUT2D eigenvalue weighted by molar-refractivity contribution is -0.384. The monoisotopic (exact) mass is 361 g/mol.